The van der Waals surface area contributed by atoms with Gasteiger partial charge in [0, 0.05) is 22.5 Å². The zero-order valence-electron chi connectivity index (χ0n) is 17.6. The van der Waals surface area contributed by atoms with Crippen LogP contribution in [0.5, 0.6) is 5.75 Å². The molecule has 0 saturated carbocycles. The van der Waals surface area contributed by atoms with Crippen molar-refractivity contribution < 1.29 is 18.7 Å². The summed E-state index contributed by atoms with van der Waals surface area (Å²) in [5.74, 6) is -0.271. The maximum absolute atomic E-state index is 13.3. The lowest BCUT2D eigenvalue weighted by molar-refractivity contribution is -0.106. The Bertz CT molecular complexity index is 1230. The van der Waals surface area contributed by atoms with E-state index in [2.05, 4.69) is 20.7 Å². The van der Waals surface area contributed by atoms with Gasteiger partial charge in [-0.3, -0.25) is 14.6 Å². The summed E-state index contributed by atoms with van der Waals surface area (Å²) in [7, 11) is 0. The number of ether oxygens (including phenoxy) is 1. The van der Waals surface area contributed by atoms with Crippen LogP contribution in [0.15, 0.2) is 54.4 Å². The van der Waals surface area contributed by atoms with Crippen LogP contribution in [0.1, 0.15) is 28.9 Å². The Balaban J connectivity index is 0.000000968. The van der Waals surface area contributed by atoms with Crippen LogP contribution in [0.2, 0.25) is 0 Å². The summed E-state index contributed by atoms with van der Waals surface area (Å²) in [6.45, 7) is 0.493. The number of fused-ring (bicyclic) bond motifs is 1. The van der Waals surface area contributed by atoms with Gasteiger partial charge in [-0.25, -0.2) is 14.4 Å². The zero-order valence-corrected chi connectivity index (χ0v) is 18.4. The highest BCUT2D eigenvalue weighted by Gasteiger charge is 2.13. The third-order valence-corrected chi connectivity index (χ3v) is 5.56. The van der Waals surface area contributed by atoms with E-state index in [1.807, 2.05) is 5.38 Å². The van der Waals surface area contributed by atoms with E-state index in [0.717, 1.165) is 46.3 Å². The first-order valence-corrected chi connectivity index (χ1v) is 10.9. The second-order valence-corrected chi connectivity index (χ2v) is 7.73. The van der Waals surface area contributed by atoms with Crippen LogP contribution in [0.25, 0.3) is 21.3 Å². The molecule has 4 rings (SSSR count). The fraction of sp³-hybridized carbons (Fsp3) is 0.174. The topological polar surface area (TPSA) is 134 Å². The highest BCUT2D eigenvalue weighted by Crippen LogP contribution is 2.34. The van der Waals surface area contributed by atoms with Crippen LogP contribution >= 0.6 is 11.3 Å². The molecule has 0 saturated heterocycles. The first kappa shape index (κ1) is 23.7. The number of benzene rings is 1. The molecule has 4 aromatic rings. The van der Waals surface area contributed by atoms with Gasteiger partial charge in [0.1, 0.15) is 22.7 Å². The summed E-state index contributed by atoms with van der Waals surface area (Å²) in [4.78, 5) is 33.5. The molecule has 33 heavy (non-hydrogen) atoms. The predicted molar refractivity (Wildman–Crippen MR) is 124 cm³/mol. The van der Waals surface area contributed by atoms with Crippen molar-refractivity contribution in [2.45, 2.75) is 19.3 Å². The number of carbonyl (C=O) groups excluding carboxylic acids is 2. The maximum Gasteiger partial charge on any atom is 0.250 e. The van der Waals surface area contributed by atoms with Gasteiger partial charge in [0.05, 0.1) is 24.1 Å². The minimum absolute atomic E-state index is 0.250. The molecule has 170 valence electrons. The van der Waals surface area contributed by atoms with Gasteiger partial charge in [-0.1, -0.05) is 12.1 Å². The number of primary amides is 2. The molecule has 0 radical (unpaired) electrons. The van der Waals surface area contributed by atoms with Crippen molar-refractivity contribution in [2.24, 2.45) is 11.5 Å². The van der Waals surface area contributed by atoms with E-state index in [9.17, 15) is 9.18 Å². The number of carbonyl (C=O) groups is 2. The van der Waals surface area contributed by atoms with Crippen molar-refractivity contribution in [2.75, 3.05) is 6.61 Å². The number of thiophene rings is 1. The molecule has 3 heterocycles. The Kier molecular flexibility index (Phi) is 8.36. The van der Waals surface area contributed by atoms with Crippen LogP contribution in [0, 0.1) is 5.82 Å². The van der Waals surface area contributed by atoms with Gasteiger partial charge < -0.3 is 16.2 Å². The van der Waals surface area contributed by atoms with Crippen LogP contribution in [0.4, 0.5) is 4.39 Å². The molecule has 4 N–H and O–H groups in total. The molecular formula is C23H22FN5O3S. The summed E-state index contributed by atoms with van der Waals surface area (Å²) < 4.78 is 19.0. The maximum atomic E-state index is 13.3. The fourth-order valence-corrected chi connectivity index (χ4v) is 4.12. The normalized spacial score (nSPS) is 10.3. The Morgan fingerprint density at radius 3 is 2.64 bits per heavy atom. The molecular weight excluding hydrogens is 445 g/mol. The van der Waals surface area contributed by atoms with Gasteiger partial charge in [-0.2, -0.15) is 0 Å². The Morgan fingerprint density at radius 2 is 1.91 bits per heavy atom. The van der Waals surface area contributed by atoms with Gasteiger partial charge in [-0.05, 0) is 43.0 Å². The van der Waals surface area contributed by atoms with Crippen molar-refractivity contribution >= 4 is 33.9 Å². The van der Waals surface area contributed by atoms with Gasteiger partial charge in [0.15, 0.2) is 0 Å². The lowest BCUT2D eigenvalue weighted by atomic mass is 10.0. The van der Waals surface area contributed by atoms with Crippen LogP contribution < -0.4 is 16.2 Å². The molecule has 10 heteroatoms. The first-order valence-electron chi connectivity index (χ1n) is 10.0. The second-order valence-electron chi connectivity index (χ2n) is 6.87. The minimum atomic E-state index is -0.534. The first-order chi connectivity index (χ1) is 16.0. The van der Waals surface area contributed by atoms with Crippen molar-refractivity contribution in [3.8, 4) is 16.9 Å². The Hall–Kier alpha value is -3.92. The third kappa shape index (κ3) is 6.30. The molecule has 2 amide bonds. The monoisotopic (exact) mass is 467 g/mol. The number of rotatable bonds is 8. The van der Waals surface area contributed by atoms with Crippen molar-refractivity contribution in [3.05, 3.63) is 71.5 Å². The average molecular weight is 468 g/mol. The highest BCUT2D eigenvalue weighted by atomic mass is 32.1. The smallest absolute Gasteiger partial charge is 0.250 e. The molecule has 0 aliphatic heterocycles. The number of hydrogen-bond donors (Lipinski definition) is 2. The zero-order chi connectivity index (χ0) is 23.6. The molecule has 0 unspecified atom stereocenters. The summed E-state index contributed by atoms with van der Waals surface area (Å²) in [6, 6.07) is 8.05. The fourth-order valence-electron chi connectivity index (χ4n) is 3.19. The molecule has 3 aromatic heterocycles. The molecule has 0 fully saturated rings. The molecule has 0 spiro atoms. The van der Waals surface area contributed by atoms with Crippen molar-refractivity contribution in [3.63, 3.8) is 0 Å². The van der Waals surface area contributed by atoms with Gasteiger partial charge in [-0.15, -0.1) is 11.3 Å². The molecule has 8 nitrogen and oxygen atoms in total. The van der Waals surface area contributed by atoms with Crippen LogP contribution in [-0.4, -0.2) is 33.9 Å². The third-order valence-electron chi connectivity index (χ3n) is 4.68. The Labute approximate surface area is 193 Å². The predicted octanol–water partition coefficient (Wildman–Crippen LogP) is 3.49. The minimum Gasteiger partial charge on any atom is -0.492 e. The number of halogens is 1. The van der Waals surface area contributed by atoms with E-state index in [1.54, 1.807) is 42.1 Å². The number of pyridine rings is 1. The number of nitrogens with two attached hydrogens (primary N) is 2. The summed E-state index contributed by atoms with van der Waals surface area (Å²) in [5, 5.41) is 3.06. The second kappa shape index (κ2) is 11.6. The van der Waals surface area contributed by atoms with E-state index < -0.39 is 5.91 Å². The van der Waals surface area contributed by atoms with Crippen molar-refractivity contribution in [1.29, 1.82) is 0 Å². The van der Waals surface area contributed by atoms with Gasteiger partial charge in [0.25, 0.3) is 0 Å². The SMILES string of the molecule is NC(=O)c1cncc(OCCCCc2ncnc3scc(-c4ccc(F)cc4)c23)c1.NC=O. The summed E-state index contributed by atoms with van der Waals surface area (Å²) in [5.41, 5.74) is 12.7. The number of aromatic nitrogens is 3. The molecule has 0 bridgehead atoms. The van der Waals surface area contributed by atoms with E-state index in [4.69, 9.17) is 15.3 Å². The molecule has 0 aliphatic carbocycles. The molecule has 1 aromatic carbocycles. The van der Waals surface area contributed by atoms with Gasteiger partial charge in [0.2, 0.25) is 12.3 Å². The van der Waals surface area contributed by atoms with E-state index in [0.29, 0.717) is 17.9 Å². The molecule has 0 atom stereocenters. The lowest BCUT2D eigenvalue weighted by Gasteiger charge is -2.08. The van der Waals surface area contributed by atoms with Crippen LogP contribution in [0.3, 0.4) is 0 Å². The van der Waals surface area contributed by atoms with E-state index >= 15 is 0 Å². The standard InChI is InChI=1S/C22H19FN4O2S.CH3NO/c23-16-6-4-14(5-7-16)18-12-30-22-20(18)19(26-13-27-22)3-1-2-8-29-17-9-15(21(24)28)10-25-11-17;2-1-3/h4-7,9-13H,1-3,8H2,(H2,24,28);1H,(H2,2,3). The number of hydrogen-bond acceptors (Lipinski definition) is 7. The van der Waals surface area contributed by atoms with Gasteiger partial charge >= 0.3 is 0 Å². The van der Waals surface area contributed by atoms with E-state index in [1.165, 1.54) is 18.3 Å². The Morgan fingerprint density at radius 1 is 1.15 bits per heavy atom. The number of aryl methyl sites for hydroxylation is 1. The van der Waals surface area contributed by atoms with E-state index in [-0.39, 0.29) is 12.2 Å². The number of amides is 2. The quantitative estimate of drug-likeness (QED) is 0.301. The largest absolute Gasteiger partial charge is 0.492 e. The summed E-state index contributed by atoms with van der Waals surface area (Å²) in [6.07, 6.45) is 7.25. The number of unbranched alkanes of at least 4 members (excludes halogenated alkanes) is 1. The molecule has 0 aliphatic rings. The highest BCUT2D eigenvalue weighted by molar-refractivity contribution is 7.17. The summed E-state index contributed by atoms with van der Waals surface area (Å²) >= 11 is 1.56. The lowest BCUT2D eigenvalue weighted by Crippen LogP contribution is -2.11. The average Bonchev–Trinajstić information content (AvgIpc) is 3.25. The number of nitrogens with zero attached hydrogens (tertiary/aromatic N) is 3. The van der Waals surface area contributed by atoms with Crippen molar-refractivity contribution in [1.82, 2.24) is 15.0 Å². The van der Waals surface area contributed by atoms with Crippen LogP contribution in [-0.2, 0) is 11.2 Å².